The van der Waals surface area contributed by atoms with Gasteiger partial charge in [0.15, 0.2) is 0 Å². The van der Waals surface area contributed by atoms with Gasteiger partial charge in [-0.25, -0.2) is 0 Å². The Kier molecular flexibility index (Phi) is 46.6. The molecule has 0 fully saturated rings. The lowest BCUT2D eigenvalue weighted by atomic mass is 10.0. The van der Waals surface area contributed by atoms with Gasteiger partial charge in [-0.05, 0) is 44.9 Å². The summed E-state index contributed by atoms with van der Waals surface area (Å²) in [4.78, 5) is 26.1. The number of allylic oxidation sites excluding steroid dienone is 6. The molecule has 0 bridgehead atoms. The number of aliphatic hydroxyl groups excluding tert-OH is 2. The third kappa shape index (κ3) is 42.8. The van der Waals surface area contributed by atoms with Crippen molar-refractivity contribution >= 4 is 11.9 Å². The molecule has 0 aliphatic carbocycles. The van der Waals surface area contributed by atoms with E-state index >= 15 is 0 Å². The predicted molar refractivity (Wildman–Crippen MR) is 259 cm³/mol. The van der Waals surface area contributed by atoms with Crippen LogP contribution in [0, 0.1) is 0 Å². The van der Waals surface area contributed by atoms with Crippen molar-refractivity contribution in [2.24, 2.45) is 0 Å². The molecule has 60 heavy (non-hydrogen) atoms. The molecule has 6 heteroatoms. The zero-order valence-electron chi connectivity index (χ0n) is 40.1. The molecule has 3 unspecified atom stereocenters. The number of hydrogen-bond donors (Lipinski definition) is 3. The molecule has 3 N–H and O–H groups in total. The number of amides is 1. The summed E-state index contributed by atoms with van der Waals surface area (Å²) in [6, 6.07) is -0.702. The van der Waals surface area contributed by atoms with Gasteiger partial charge in [0, 0.05) is 6.42 Å². The Bertz CT molecular complexity index is 993. The van der Waals surface area contributed by atoms with E-state index in [2.05, 4.69) is 62.5 Å². The highest BCUT2D eigenvalue weighted by atomic mass is 16.5. The maximum absolute atomic E-state index is 13.2. The smallest absolute Gasteiger partial charge is 0.306 e. The maximum atomic E-state index is 13.2. The molecule has 0 saturated carbocycles. The molecule has 3 atom stereocenters. The highest BCUT2D eigenvalue weighted by Crippen LogP contribution is 2.18. The summed E-state index contributed by atoms with van der Waals surface area (Å²) in [5, 5.41) is 23.8. The standard InChI is InChI=1S/C54H101NO5/c1-4-7-10-13-16-19-22-25-26-27-29-30-33-36-39-42-45-50(60-54(59)47-44-41-38-35-32-28-23-20-17-14-11-8-5-2)48-53(58)55-51(49-56)52(57)46-43-40-37-34-31-24-21-18-15-12-9-6-3/h8,11,14,17,20,23,50-52,56-57H,4-7,9-10,12-13,15-16,18-19,21-22,24-49H2,1-3H3,(H,55,58)/b11-8+,17-14+,23-20-. The second kappa shape index (κ2) is 48.1. The van der Waals surface area contributed by atoms with Crippen LogP contribution in [-0.4, -0.2) is 46.9 Å². The van der Waals surface area contributed by atoms with E-state index in [-0.39, 0.29) is 24.9 Å². The van der Waals surface area contributed by atoms with Crippen LogP contribution in [0.3, 0.4) is 0 Å². The van der Waals surface area contributed by atoms with E-state index in [1.807, 2.05) is 0 Å². The van der Waals surface area contributed by atoms with Gasteiger partial charge in [-0.1, -0.05) is 250 Å². The van der Waals surface area contributed by atoms with Crippen molar-refractivity contribution in [3.63, 3.8) is 0 Å². The zero-order chi connectivity index (χ0) is 43.8. The van der Waals surface area contributed by atoms with E-state index in [1.165, 1.54) is 154 Å². The molecule has 0 radical (unpaired) electrons. The first kappa shape index (κ1) is 58.1. The van der Waals surface area contributed by atoms with Gasteiger partial charge in [-0.2, -0.15) is 0 Å². The second-order valence-corrected chi connectivity index (χ2v) is 18.0. The van der Waals surface area contributed by atoms with Crippen LogP contribution >= 0.6 is 0 Å². The maximum Gasteiger partial charge on any atom is 0.306 e. The summed E-state index contributed by atoms with van der Waals surface area (Å²) in [5.41, 5.74) is 0. The van der Waals surface area contributed by atoms with Gasteiger partial charge in [0.25, 0.3) is 0 Å². The first-order valence-electron chi connectivity index (χ1n) is 26.2. The van der Waals surface area contributed by atoms with Gasteiger partial charge in [-0.15, -0.1) is 0 Å². The average molecular weight is 844 g/mol. The highest BCUT2D eigenvalue weighted by Gasteiger charge is 2.24. The van der Waals surface area contributed by atoms with E-state index < -0.39 is 18.2 Å². The minimum Gasteiger partial charge on any atom is -0.462 e. The first-order valence-corrected chi connectivity index (χ1v) is 26.2. The summed E-state index contributed by atoms with van der Waals surface area (Å²) in [7, 11) is 0. The van der Waals surface area contributed by atoms with E-state index in [9.17, 15) is 19.8 Å². The molecule has 0 saturated heterocycles. The Hall–Kier alpha value is -1.92. The number of esters is 1. The van der Waals surface area contributed by atoms with Gasteiger partial charge >= 0.3 is 5.97 Å². The first-order chi connectivity index (χ1) is 29.5. The monoisotopic (exact) mass is 844 g/mol. The molecule has 1 amide bonds. The number of nitrogens with one attached hydrogen (secondary N) is 1. The van der Waals surface area contributed by atoms with Crippen LogP contribution < -0.4 is 5.32 Å². The molecular weight excluding hydrogens is 743 g/mol. The van der Waals surface area contributed by atoms with Crippen molar-refractivity contribution in [2.75, 3.05) is 6.61 Å². The number of unbranched alkanes of at least 4 members (excludes halogenated alkanes) is 31. The van der Waals surface area contributed by atoms with Crippen molar-refractivity contribution < 1.29 is 24.5 Å². The number of carbonyl (C=O) groups excluding carboxylic acids is 2. The topological polar surface area (TPSA) is 95.9 Å². The Morgan fingerprint density at radius 3 is 1.35 bits per heavy atom. The van der Waals surface area contributed by atoms with E-state index in [4.69, 9.17) is 4.74 Å². The van der Waals surface area contributed by atoms with Crippen molar-refractivity contribution in [3.05, 3.63) is 36.5 Å². The van der Waals surface area contributed by atoms with Gasteiger partial charge in [0.2, 0.25) is 5.91 Å². The minimum absolute atomic E-state index is 0.0733. The fourth-order valence-electron chi connectivity index (χ4n) is 8.08. The largest absolute Gasteiger partial charge is 0.462 e. The van der Waals surface area contributed by atoms with Crippen LogP contribution in [0.2, 0.25) is 0 Å². The van der Waals surface area contributed by atoms with Crippen LogP contribution in [0.5, 0.6) is 0 Å². The quantitative estimate of drug-likeness (QED) is 0.0322. The summed E-state index contributed by atoms with van der Waals surface area (Å²) < 4.78 is 5.93. The number of rotatable bonds is 47. The Labute approximate surface area is 373 Å². The lowest BCUT2D eigenvalue weighted by Gasteiger charge is -2.24. The Morgan fingerprint density at radius 2 is 0.900 bits per heavy atom. The second-order valence-electron chi connectivity index (χ2n) is 18.0. The van der Waals surface area contributed by atoms with Crippen LogP contribution in [0.15, 0.2) is 36.5 Å². The highest BCUT2D eigenvalue weighted by molar-refractivity contribution is 5.77. The van der Waals surface area contributed by atoms with Crippen molar-refractivity contribution in [3.8, 4) is 0 Å². The SMILES string of the molecule is CC/C=C/C=C/C=C\CCCCCCCC(=O)OC(CCCCCCCCCCCCCCCCCC)CC(=O)NC(CO)C(O)CCCCCCCCCCCCCC. The Morgan fingerprint density at radius 1 is 0.500 bits per heavy atom. The molecule has 0 rings (SSSR count). The molecule has 6 nitrogen and oxygen atoms in total. The van der Waals surface area contributed by atoms with Gasteiger partial charge in [0.1, 0.15) is 6.10 Å². The number of ether oxygens (including phenoxy) is 1. The summed E-state index contributed by atoms with van der Waals surface area (Å²) in [6.07, 6.45) is 56.3. The van der Waals surface area contributed by atoms with E-state index in [0.717, 1.165) is 70.6 Å². The fraction of sp³-hybridized carbons (Fsp3) is 0.852. The zero-order valence-corrected chi connectivity index (χ0v) is 40.1. The molecular formula is C54H101NO5. The van der Waals surface area contributed by atoms with Crippen molar-refractivity contribution in [1.29, 1.82) is 0 Å². The van der Waals surface area contributed by atoms with Crippen LogP contribution in [-0.2, 0) is 14.3 Å². The van der Waals surface area contributed by atoms with E-state index in [1.54, 1.807) is 0 Å². The average Bonchev–Trinajstić information content (AvgIpc) is 3.24. The fourth-order valence-corrected chi connectivity index (χ4v) is 8.08. The summed E-state index contributed by atoms with van der Waals surface area (Å²) >= 11 is 0. The molecule has 0 aliphatic heterocycles. The van der Waals surface area contributed by atoms with Gasteiger partial charge < -0.3 is 20.3 Å². The summed E-state index contributed by atoms with van der Waals surface area (Å²) in [5.74, 6) is -0.485. The van der Waals surface area contributed by atoms with Gasteiger partial charge in [-0.3, -0.25) is 9.59 Å². The third-order valence-corrected chi connectivity index (χ3v) is 12.0. The molecule has 0 heterocycles. The van der Waals surface area contributed by atoms with E-state index in [0.29, 0.717) is 19.3 Å². The minimum atomic E-state index is -0.788. The molecule has 0 aromatic heterocycles. The summed E-state index contributed by atoms with van der Waals surface area (Å²) in [6.45, 7) is 6.36. The lowest BCUT2D eigenvalue weighted by Crippen LogP contribution is -2.46. The van der Waals surface area contributed by atoms with Crippen LogP contribution in [0.1, 0.15) is 271 Å². The predicted octanol–water partition coefficient (Wildman–Crippen LogP) is 15.7. The lowest BCUT2D eigenvalue weighted by molar-refractivity contribution is -0.151. The molecule has 0 spiro atoms. The Balaban J connectivity index is 4.58. The van der Waals surface area contributed by atoms with Crippen LogP contribution in [0.4, 0.5) is 0 Å². The van der Waals surface area contributed by atoms with Crippen LogP contribution in [0.25, 0.3) is 0 Å². The normalized spacial score (nSPS) is 13.5. The molecule has 352 valence electrons. The van der Waals surface area contributed by atoms with Crippen molar-refractivity contribution in [1.82, 2.24) is 5.32 Å². The third-order valence-electron chi connectivity index (χ3n) is 12.0. The number of carbonyl (C=O) groups is 2. The number of hydrogen-bond acceptors (Lipinski definition) is 5. The van der Waals surface area contributed by atoms with Gasteiger partial charge in [0.05, 0.1) is 25.2 Å². The molecule has 0 aromatic carbocycles. The molecule has 0 aliphatic rings. The number of aliphatic hydroxyl groups is 2. The van der Waals surface area contributed by atoms with Crippen molar-refractivity contribution in [2.45, 2.75) is 289 Å². The molecule has 0 aromatic rings.